The van der Waals surface area contributed by atoms with Gasteiger partial charge in [0.1, 0.15) is 22.9 Å². The molecule has 2 aromatic rings. The predicted octanol–water partition coefficient (Wildman–Crippen LogP) is 3.06. The second kappa shape index (κ2) is 5.69. The molecule has 0 radical (unpaired) electrons. The standard InChI is InChI=1S/C13H14ClN3O/c1-9-5-10(3-4-12(9)18-2)6-16-13-11(14)7-15-8-17-13/h3-5,7-8H,6H2,1-2H3,(H,15,16,17). The Bertz CT molecular complexity index is 546. The number of aromatic nitrogens is 2. The topological polar surface area (TPSA) is 47.0 Å². The number of nitrogens with one attached hydrogen (secondary N) is 1. The molecule has 0 amide bonds. The van der Waals surface area contributed by atoms with Gasteiger partial charge in [-0.25, -0.2) is 9.97 Å². The summed E-state index contributed by atoms with van der Waals surface area (Å²) in [5.41, 5.74) is 2.24. The second-order valence-electron chi connectivity index (χ2n) is 3.88. The summed E-state index contributed by atoms with van der Waals surface area (Å²) in [5.74, 6) is 1.53. The highest BCUT2D eigenvalue weighted by Crippen LogP contribution is 2.20. The minimum Gasteiger partial charge on any atom is -0.496 e. The quantitative estimate of drug-likeness (QED) is 0.921. The van der Waals surface area contributed by atoms with Gasteiger partial charge in [-0.1, -0.05) is 23.7 Å². The van der Waals surface area contributed by atoms with Crippen LogP contribution in [0.4, 0.5) is 5.82 Å². The lowest BCUT2D eigenvalue weighted by Crippen LogP contribution is -2.02. The number of hydrogen-bond acceptors (Lipinski definition) is 4. The molecule has 0 saturated carbocycles. The molecule has 94 valence electrons. The highest BCUT2D eigenvalue weighted by atomic mass is 35.5. The van der Waals surface area contributed by atoms with Crippen molar-refractivity contribution in [1.82, 2.24) is 9.97 Å². The summed E-state index contributed by atoms with van der Waals surface area (Å²) >= 11 is 5.96. The maximum atomic E-state index is 5.96. The fourth-order valence-corrected chi connectivity index (χ4v) is 1.85. The smallest absolute Gasteiger partial charge is 0.148 e. The normalized spacial score (nSPS) is 10.2. The van der Waals surface area contributed by atoms with E-state index in [0.29, 0.717) is 17.4 Å². The van der Waals surface area contributed by atoms with E-state index in [1.165, 1.54) is 6.33 Å². The zero-order valence-corrected chi connectivity index (χ0v) is 11.0. The van der Waals surface area contributed by atoms with Crippen LogP contribution in [0.25, 0.3) is 0 Å². The Morgan fingerprint density at radius 1 is 1.39 bits per heavy atom. The second-order valence-corrected chi connectivity index (χ2v) is 4.28. The molecule has 0 bridgehead atoms. The first-order valence-corrected chi connectivity index (χ1v) is 5.91. The highest BCUT2D eigenvalue weighted by Gasteiger charge is 2.03. The van der Waals surface area contributed by atoms with Gasteiger partial charge in [0.05, 0.1) is 13.3 Å². The first-order chi connectivity index (χ1) is 8.70. The molecule has 0 fully saturated rings. The van der Waals surface area contributed by atoms with Crippen LogP contribution in [0.3, 0.4) is 0 Å². The van der Waals surface area contributed by atoms with E-state index in [9.17, 15) is 0 Å². The van der Waals surface area contributed by atoms with Crippen molar-refractivity contribution < 1.29 is 4.74 Å². The number of benzene rings is 1. The van der Waals surface area contributed by atoms with E-state index in [2.05, 4.69) is 21.4 Å². The van der Waals surface area contributed by atoms with Gasteiger partial charge < -0.3 is 10.1 Å². The maximum Gasteiger partial charge on any atom is 0.148 e. The number of nitrogens with zero attached hydrogens (tertiary/aromatic N) is 2. The number of aryl methyl sites for hydroxylation is 1. The summed E-state index contributed by atoms with van der Waals surface area (Å²) in [6, 6.07) is 6.03. The van der Waals surface area contributed by atoms with Gasteiger partial charge in [0.15, 0.2) is 0 Å². The Labute approximate surface area is 111 Å². The zero-order valence-electron chi connectivity index (χ0n) is 10.3. The molecule has 0 aliphatic carbocycles. The average molecular weight is 264 g/mol. The fraction of sp³-hybridized carbons (Fsp3) is 0.231. The monoisotopic (exact) mass is 263 g/mol. The molecule has 0 atom stereocenters. The first kappa shape index (κ1) is 12.6. The van der Waals surface area contributed by atoms with Crippen LogP contribution >= 0.6 is 11.6 Å². The molecule has 4 nitrogen and oxygen atoms in total. The number of hydrogen-bond donors (Lipinski definition) is 1. The summed E-state index contributed by atoms with van der Waals surface area (Å²) in [7, 11) is 1.67. The Morgan fingerprint density at radius 3 is 2.89 bits per heavy atom. The third-order valence-corrected chi connectivity index (χ3v) is 2.86. The van der Waals surface area contributed by atoms with E-state index < -0.39 is 0 Å². The summed E-state index contributed by atoms with van der Waals surface area (Å²) in [6.07, 6.45) is 3.03. The minimum atomic E-state index is 0.516. The van der Waals surface area contributed by atoms with Crippen molar-refractivity contribution in [2.75, 3.05) is 12.4 Å². The lowest BCUT2D eigenvalue weighted by molar-refractivity contribution is 0.411. The largest absolute Gasteiger partial charge is 0.496 e. The summed E-state index contributed by atoms with van der Waals surface area (Å²) in [5, 5.41) is 3.69. The van der Waals surface area contributed by atoms with Crippen molar-refractivity contribution in [3.05, 3.63) is 46.9 Å². The van der Waals surface area contributed by atoms with Gasteiger partial charge in [0.2, 0.25) is 0 Å². The van der Waals surface area contributed by atoms with Crippen LogP contribution in [-0.2, 0) is 6.54 Å². The molecule has 1 heterocycles. The van der Waals surface area contributed by atoms with Crippen molar-refractivity contribution in [3.8, 4) is 5.75 Å². The molecule has 1 N–H and O–H groups in total. The van der Waals surface area contributed by atoms with E-state index in [-0.39, 0.29) is 0 Å². The molecule has 0 aliphatic rings. The van der Waals surface area contributed by atoms with Crippen LogP contribution in [0.1, 0.15) is 11.1 Å². The molecular formula is C13H14ClN3O. The highest BCUT2D eigenvalue weighted by molar-refractivity contribution is 6.32. The van der Waals surface area contributed by atoms with E-state index in [0.717, 1.165) is 16.9 Å². The van der Waals surface area contributed by atoms with Crippen molar-refractivity contribution in [2.45, 2.75) is 13.5 Å². The Kier molecular flexibility index (Phi) is 3.99. The molecular weight excluding hydrogens is 250 g/mol. The van der Waals surface area contributed by atoms with Crippen LogP contribution < -0.4 is 10.1 Å². The van der Waals surface area contributed by atoms with E-state index in [1.807, 2.05) is 19.1 Å². The summed E-state index contributed by atoms with van der Waals surface area (Å²) in [4.78, 5) is 7.91. The molecule has 5 heteroatoms. The maximum absolute atomic E-state index is 5.96. The third kappa shape index (κ3) is 2.90. The summed E-state index contributed by atoms with van der Waals surface area (Å²) in [6.45, 7) is 2.67. The number of ether oxygens (including phenoxy) is 1. The molecule has 2 rings (SSSR count). The van der Waals surface area contributed by atoms with E-state index >= 15 is 0 Å². The SMILES string of the molecule is COc1ccc(CNc2ncncc2Cl)cc1C. The Hall–Kier alpha value is -1.81. The van der Waals surface area contributed by atoms with Crippen LogP contribution in [0.2, 0.25) is 5.02 Å². The van der Waals surface area contributed by atoms with E-state index in [1.54, 1.807) is 13.3 Å². The van der Waals surface area contributed by atoms with Crippen molar-refractivity contribution in [1.29, 1.82) is 0 Å². The molecule has 1 aromatic carbocycles. The molecule has 0 saturated heterocycles. The predicted molar refractivity (Wildman–Crippen MR) is 72.1 cm³/mol. The minimum absolute atomic E-state index is 0.516. The van der Waals surface area contributed by atoms with Gasteiger partial charge in [-0.05, 0) is 24.1 Å². The average Bonchev–Trinajstić information content (AvgIpc) is 2.38. The van der Waals surface area contributed by atoms with Crippen LogP contribution in [-0.4, -0.2) is 17.1 Å². The molecule has 0 aliphatic heterocycles. The van der Waals surface area contributed by atoms with E-state index in [4.69, 9.17) is 16.3 Å². The van der Waals surface area contributed by atoms with Crippen molar-refractivity contribution in [2.24, 2.45) is 0 Å². The van der Waals surface area contributed by atoms with Crippen LogP contribution in [0.15, 0.2) is 30.7 Å². The van der Waals surface area contributed by atoms with Crippen LogP contribution in [0, 0.1) is 6.92 Å². The molecule has 1 aromatic heterocycles. The number of rotatable bonds is 4. The Balaban J connectivity index is 2.07. The van der Waals surface area contributed by atoms with Crippen molar-refractivity contribution >= 4 is 17.4 Å². The summed E-state index contributed by atoms with van der Waals surface area (Å²) < 4.78 is 5.22. The fourth-order valence-electron chi connectivity index (χ4n) is 1.68. The molecule has 0 spiro atoms. The lowest BCUT2D eigenvalue weighted by atomic mass is 10.1. The van der Waals surface area contributed by atoms with Gasteiger partial charge in [0.25, 0.3) is 0 Å². The number of anilines is 1. The van der Waals surface area contributed by atoms with Crippen LogP contribution in [0.5, 0.6) is 5.75 Å². The van der Waals surface area contributed by atoms with Gasteiger partial charge >= 0.3 is 0 Å². The number of halogens is 1. The third-order valence-electron chi connectivity index (χ3n) is 2.59. The number of methoxy groups -OCH3 is 1. The van der Waals surface area contributed by atoms with Gasteiger partial charge in [0, 0.05) is 6.54 Å². The van der Waals surface area contributed by atoms with Gasteiger partial charge in [-0.3, -0.25) is 0 Å². The first-order valence-electron chi connectivity index (χ1n) is 5.53. The van der Waals surface area contributed by atoms with Gasteiger partial charge in [-0.15, -0.1) is 0 Å². The molecule has 0 unspecified atom stereocenters. The van der Waals surface area contributed by atoms with Gasteiger partial charge in [-0.2, -0.15) is 0 Å². The zero-order chi connectivity index (χ0) is 13.0. The Morgan fingerprint density at radius 2 is 2.22 bits per heavy atom. The molecule has 18 heavy (non-hydrogen) atoms. The lowest BCUT2D eigenvalue weighted by Gasteiger charge is -2.09. The van der Waals surface area contributed by atoms with Crippen molar-refractivity contribution in [3.63, 3.8) is 0 Å².